The van der Waals surface area contributed by atoms with Gasteiger partial charge in [-0.1, -0.05) is 0 Å². The Labute approximate surface area is 188 Å². The summed E-state index contributed by atoms with van der Waals surface area (Å²) in [5, 5.41) is 2.52. The molecule has 2 aliphatic heterocycles. The van der Waals surface area contributed by atoms with Gasteiger partial charge in [0, 0.05) is 43.9 Å². The van der Waals surface area contributed by atoms with Crippen molar-refractivity contribution < 1.29 is 27.5 Å². The van der Waals surface area contributed by atoms with Crippen molar-refractivity contribution >= 4 is 17.5 Å². The Kier molecular flexibility index (Phi) is 6.29. The van der Waals surface area contributed by atoms with E-state index in [2.05, 4.69) is 5.32 Å². The second kappa shape index (κ2) is 9.01. The Morgan fingerprint density at radius 3 is 2.48 bits per heavy atom. The molecule has 2 aliphatic rings. The highest BCUT2D eigenvalue weighted by Crippen LogP contribution is 2.35. The maximum absolute atomic E-state index is 13.1. The number of methoxy groups -OCH3 is 1. The zero-order chi connectivity index (χ0) is 23.8. The number of ether oxygens (including phenoxy) is 1. The number of anilines is 1. The fraction of sp³-hybridized carbons (Fsp3) is 0.435. The van der Waals surface area contributed by atoms with Gasteiger partial charge in [-0.3, -0.25) is 14.4 Å². The molecule has 3 heterocycles. The second-order valence-corrected chi connectivity index (χ2v) is 8.46. The van der Waals surface area contributed by atoms with Crippen LogP contribution in [0.3, 0.4) is 0 Å². The monoisotopic (exact) mass is 463 g/mol. The van der Waals surface area contributed by atoms with Crippen molar-refractivity contribution in [2.75, 3.05) is 32.1 Å². The van der Waals surface area contributed by atoms with E-state index in [9.17, 15) is 27.6 Å². The molecule has 1 N–H and O–H groups in total. The lowest BCUT2D eigenvalue weighted by atomic mass is 9.83. The van der Waals surface area contributed by atoms with Gasteiger partial charge in [0.1, 0.15) is 5.69 Å². The van der Waals surface area contributed by atoms with Crippen molar-refractivity contribution in [2.24, 2.45) is 5.92 Å². The summed E-state index contributed by atoms with van der Waals surface area (Å²) in [6.07, 6.45) is -3.29. The van der Waals surface area contributed by atoms with Crippen molar-refractivity contribution in [3.05, 3.63) is 63.6 Å². The van der Waals surface area contributed by atoms with Gasteiger partial charge in [-0.15, -0.1) is 0 Å². The van der Waals surface area contributed by atoms with Crippen molar-refractivity contribution in [1.29, 1.82) is 0 Å². The highest BCUT2D eigenvalue weighted by molar-refractivity contribution is 6.04. The number of piperidine rings is 1. The van der Waals surface area contributed by atoms with E-state index in [0.29, 0.717) is 32.7 Å². The highest BCUT2D eigenvalue weighted by atomic mass is 19.4. The number of likely N-dealkylation sites (tertiary alicyclic amines) is 1. The van der Waals surface area contributed by atoms with Crippen LogP contribution in [-0.2, 0) is 22.3 Å². The minimum absolute atomic E-state index is 0.0206. The first-order valence-corrected chi connectivity index (χ1v) is 10.7. The zero-order valence-electron chi connectivity index (χ0n) is 18.0. The van der Waals surface area contributed by atoms with E-state index in [1.54, 1.807) is 17.7 Å². The van der Waals surface area contributed by atoms with Crippen LogP contribution < -0.4 is 10.9 Å². The van der Waals surface area contributed by atoms with E-state index in [1.165, 1.54) is 6.07 Å². The van der Waals surface area contributed by atoms with Gasteiger partial charge in [0.05, 0.1) is 18.6 Å². The average Bonchev–Trinajstić information content (AvgIpc) is 2.79. The van der Waals surface area contributed by atoms with Crippen LogP contribution in [0.1, 0.15) is 40.4 Å². The zero-order valence-corrected chi connectivity index (χ0v) is 18.0. The molecule has 2 aromatic rings. The number of rotatable bonds is 5. The van der Waals surface area contributed by atoms with Gasteiger partial charge in [-0.05, 0) is 48.7 Å². The predicted octanol–water partition coefficient (Wildman–Crippen LogP) is 3.10. The third-order valence-corrected chi connectivity index (χ3v) is 6.20. The van der Waals surface area contributed by atoms with Gasteiger partial charge in [-0.25, -0.2) is 0 Å². The van der Waals surface area contributed by atoms with Crippen molar-refractivity contribution in [3.8, 4) is 0 Å². The molecule has 1 aromatic carbocycles. The van der Waals surface area contributed by atoms with Crippen LogP contribution in [0.15, 0.2) is 41.2 Å². The summed E-state index contributed by atoms with van der Waals surface area (Å²) in [6, 6.07) is 7.10. The predicted molar refractivity (Wildman–Crippen MR) is 114 cm³/mol. The minimum atomic E-state index is -4.49. The molecule has 1 aromatic heterocycles. The molecule has 7 nitrogen and oxygen atoms in total. The number of nitrogens with zero attached hydrogens (tertiary/aromatic N) is 2. The smallest absolute Gasteiger partial charge is 0.384 e. The first-order chi connectivity index (χ1) is 15.7. The molecular weight excluding hydrogens is 439 g/mol. The molecule has 1 saturated heterocycles. The highest BCUT2D eigenvalue weighted by Gasteiger charge is 2.36. The summed E-state index contributed by atoms with van der Waals surface area (Å²) in [5.74, 6) is -0.479. The molecule has 0 saturated carbocycles. The minimum Gasteiger partial charge on any atom is -0.384 e. The van der Waals surface area contributed by atoms with E-state index in [4.69, 9.17) is 4.74 Å². The molecule has 2 bridgehead atoms. The van der Waals surface area contributed by atoms with Crippen molar-refractivity contribution in [1.82, 2.24) is 9.47 Å². The Bertz CT molecular complexity index is 1110. The Morgan fingerprint density at radius 1 is 1.09 bits per heavy atom. The lowest BCUT2D eigenvalue weighted by Gasteiger charge is -2.43. The topological polar surface area (TPSA) is 80.6 Å². The number of hydrogen-bond acceptors (Lipinski definition) is 4. The molecule has 176 valence electrons. The number of aromatic nitrogens is 1. The van der Waals surface area contributed by atoms with Crippen LogP contribution in [-0.4, -0.2) is 48.1 Å². The first-order valence-electron chi connectivity index (χ1n) is 10.7. The normalized spacial score (nSPS) is 19.7. The molecule has 10 heteroatoms. The van der Waals surface area contributed by atoms with Crippen LogP contribution in [0.2, 0.25) is 0 Å². The number of hydrogen-bond donors (Lipinski definition) is 1. The average molecular weight is 463 g/mol. The molecule has 2 amide bonds. The number of nitrogens with one attached hydrogen (secondary N) is 1. The number of benzene rings is 1. The van der Waals surface area contributed by atoms with Gasteiger partial charge in [0.15, 0.2) is 0 Å². The van der Waals surface area contributed by atoms with E-state index in [1.807, 2.05) is 4.90 Å². The summed E-state index contributed by atoms with van der Waals surface area (Å²) in [7, 11) is 1.55. The molecule has 2 atom stereocenters. The number of carbonyl (C=O) groups is 2. The molecule has 33 heavy (non-hydrogen) atoms. The summed E-state index contributed by atoms with van der Waals surface area (Å²) in [6.45, 7) is 1.88. The van der Waals surface area contributed by atoms with Gasteiger partial charge < -0.3 is 19.5 Å². The first kappa shape index (κ1) is 23.0. The molecule has 4 rings (SSSR count). The van der Waals surface area contributed by atoms with Crippen molar-refractivity contribution in [3.63, 3.8) is 0 Å². The fourth-order valence-corrected chi connectivity index (χ4v) is 4.60. The fourth-order valence-electron chi connectivity index (χ4n) is 4.60. The maximum atomic E-state index is 13.1. The van der Waals surface area contributed by atoms with E-state index in [-0.39, 0.29) is 34.6 Å². The standard InChI is InChI=1S/C23H24F3N3O4/c1-33-9-8-20(30)28-11-14-10-16(13-28)19-7-6-18(22(32)29(19)12-14)27-21(31)15-2-4-17(5-3-15)23(24,25)26/h2-7,14,16H,8-13H2,1H3,(H,27,31)/t14-,16-/m1/s1. The van der Waals surface area contributed by atoms with Crippen LogP contribution in [0, 0.1) is 5.92 Å². The van der Waals surface area contributed by atoms with E-state index in [0.717, 1.165) is 36.4 Å². The lowest BCUT2D eigenvalue weighted by Crippen LogP contribution is -2.49. The molecule has 0 unspecified atom stereocenters. The van der Waals surface area contributed by atoms with E-state index < -0.39 is 17.6 Å². The Balaban J connectivity index is 1.50. The van der Waals surface area contributed by atoms with E-state index >= 15 is 0 Å². The SMILES string of the molecule is COCCC(=O)N1C[C@H]2C[C@H](C1)c1ccc(NC(=O)c3ccc(C(F)(F)F)cc3)c(=O)n1C2. The third kappa shape index (κ3) is 4.80. The number of fused-ring (bicyclic) bond motifs is 4. The summed E-state index contributed by atoms with van der Waals surface area (Å²) in [4.78, 5) is 39.8. The Morgan fingerprint density at radius 2 is 1.82 bits per heavy atom. The van der Waals surface area contributed by atoms with Gasteiger partial charge in [0.25, 0.3) is 11.5 Å². The van der Waals surface area contributed by atoms with Crippen LogP contribution >= 0.6 is 0 Å². The molecule has 0 spiro atoms. The molecule has 0 radical (unpaired) electrons. The second-order valence-electron chi connectivity index (χ2n) is 8.46. The molecular formula is C23H24F3N3O4. The summed E-state index contributed by atoms with van der Waals surface area (Å²) < 4.78 is 44.8. The van der Waals surface area contributed by atoms with Crippen molar-refractivity contribution in [2.45, 2.75) is 31.5 Å². The third-order valence-electron chi connectivity index (χ3n) is 6.20. The maximum Gasteiger partial charge on any atom is 0.416 e. The number of alkyl halides is 3. The number of pyridine rings is 1. The number of halogens is 3. The lowest BCUT2D eigenvalue weighted by molar-refractivity contribution is -0.137. The van der Waals surface area contributed by atoms with Gasteiger partial charge in [-0.2, -0.15) is 13.2 Å². The quantitative estimate of drug-likeness (QED) is 0.739. The summed E-state index contributed by atoms with van der Waals surface area (Å²) in [5.41, 5.74) is -0.312. The van der Waals surface area contributed by atoms with Gasteiger partial charge in [0.2, 0.25) is 5.91 Å². The van der Waals surface area contributed by atoms with Crippen LogP contribution in [0.25, 0.3) is 0 Å². The largest absolute Gasteiger partial charge is 0.416 e. The van der Waals surface area contributed by atoms with Gasteiger partial charge >= 0.3 is 6.18 Å². The Hall–Kier alpha value is -3.14. The number of carbonyl (C=O) groups excluding carboxylic acids is 2. The van der Waals surface area contributed by atoms with Crippen LogP contribution in [0.4, 0.5) is 18.9 Å². The number of amides is 2. The molecule has 1 fully saturated rings. The summed E-state index contributed by atoms with van der Waals surface area (Å²) >= 11 is 0. The van der Waals surface area contributed by atoms with Crippen LogP contribution in [0.5, 0.6) is 0 Å². The molecule has 0 aliphatic carbocycles.